The van der Waals surface area contributed by atoms with Crippen LogP contribution in [-0.4, -0.2) is 5.84 Å². The van der Waals surface area contributed by atoms with Gasteiger partial charge in [-0.1, -0.05) is 29.8 Å². The molecule has 0 saturated carbocycles. The molecular weight excluding hydrogens is 328 g/mol. The Morgan fingerprint density at radius 3 is 2.63 bits per heavy atom. The Morgan fingerprint density at radius 2 is 2.00 bits per heavy atom. The highest BCUT2D eigenvalue weighted by atomic mass is 79.9. The summed E-state index contributed by atoms with van der Waals surface area (Å²) in [5, 5.41) is 8.05. The molecule has 3 nitrogen and oxygen atoms in total. The summed E-state index contributed by atoms with van der Waals surface area (Å²) in [5.74, 6) is 0.711. The monoisotopic (exact) mass is 338 g/mol. The number of amidine groups is 1. The van der Waals surface area contributed by atoms with Crippen LogP contribution in [0.3, 0.4) is 0 Å². The molecule has 0 amide bonds. The van der Waals surface area contributed by atoms with E-state index < -0.39 is 0 Å². The molecule has 2 aromatic rings. The molecule has 0 aromatic heterocycles. The van der Waals surface area contributed by atoms with Crippen molar-refractivity contribution in [2.45, 2.75) is 6.61 Å². The maximum Gasteiger partial charge on any atom is 0.134 e. The number of hydrogen-bond donors (Lipinski definition) is 2. The van der Waals surface area contributed by atoms with E-state index >= 15 is 0 Å². The number of halogens is 2. The standard InChI is InChI=1S/C14H12BrClN2O/c15-11-7-9(14(17)18)5-6-13(11)19-8-10-3-1-2-4-12(10)16/h1-7H,8H2,(H3,17,18). The lowest BCUT2D eigenvalue weighted by atomic mass is 10.2. The summed E-state index contributed by atoms with van der Waals surface area (Å²) in [6.45, 7) is 0.387. The lowest BCUT2D eigenvalue weighted by Crippen LogP contribution is -2.10. The van der Waals surface area contributed by atoms with Crippen LogP contribution in [0.2, 0.25) is 5.02 Å². The first-order chi connectivity index (χ1) is 9.08. The first kappa shape index (κ1) is 13.9. The molecule has 0 radical (unpaired) electrons. The van der Waals surface area contributed by atoms with E-state index in [0.29, 0.717) is 22.9 Å². The molecule has 5 heteroatoms. The van der Waals surface area contributed by atoms with Gasteiger partial charge in [0, 0.05) is 16.1 Å². The normalized spacial score (nSPS) is 10.2. The fraction of sp³-hybridized carbons (Fsp3) is 0.0714. The van der Waals surface area contributed by atoms with Gasteiger partial charge in [-0.25, -0.2) is 0 Å². The Morgan fingerprint density at radius 1 is 1.26 bits per heavy atom. The Kier molecular flexibility index (Phi) is 4.45. The summed E-state index contributed by atoms with van der Waals surface area (Å²) < 4.78 is 6.45. The average molecular weight is 340 g/mol. The Bertz CT molecular complexity index is 616. The van der Waals surface area contributed by atoms with Gasteiger partial charge in [0.15, 0.2) is 0 Å². The molecule has 3 N–H and O–H groups in total. The SMILES string of the molecule is N=C(N)c1ccc(OCc2ccccc2Cl)c(Br)c1. The second-order valence-electron chi connectivity index (χ2n) is 3.94. The van der Waals surface area contributed by atoms with Crippen LogP contribution >= 0.6 is 27.5 Å². The topological polar surface area (TPSA) is 59.1 Å². The van der Waals surface area contributed by atoms with E-state index in [1.54, 1.807) is 18.2 Å². The van der Waals surface area contributed by atoms with Gasteiger partial charge in [0.1, 0.15) is 18.2 Å². The van der Waals surface area contributed by atoms with Gasteiger partial charge in [-0.3, -0.25) is 5.41 Å². The summed E-state index contributed by atoms with van der Waals surface area (Å²) in [7, 11) is 0. The number of nitrogens with two attached hydrogens (primary N) is 1. The third-order valence-electron chi connectivity index (χ3n) is 2.58. The van der Waals surface area contributed by atoms with Gasteiger partial charge in [-0.2, -0.15) is 0 Å². The maximum atomic E-state index is 7.37. The molecule has 2 rings (SSSR count). The number of ether oxygens (including phenoxy) is 1. The van der Waals surface area contributed by atoms with Gasteiger partial charge in [-0.15, -0.1) is 0 Å². The van der Waals surface area contributed by atoms with E-state index in [1.165, 1.54) is 0 Å². The van der Waals surface area contributed by atoms with Crippen LogP contribution in [0.4, 0.5) is 0 Å². The molecule has 0 heterocycles. The minimum absolute atomic E-state index is 0.0263. The Hall–Kier alpha value is -1.52. The summed E-state index contributed by atoms with van der Waals surface area (Å²) in [5.41, 5.74) is 6.99. The quantitative estimate of drug-likeness (QED) is 0.654. The molecule has 2 aromatic carbocycles. The first-order valence-electron chi connectivity index (χ1n) is 5.58. The number of rotatable bonds is 4. The smallest absolute Gasteiger partial charge is 0.134 e. The number of nitrogen functional groups attached to an aromatic ring is 1. The minimum Gasteiger partial charge on any atom is -0.488 e. The molecule has 0 aliphatic carbocycles. The summed E-state index contributed by atoms with van der Waals surface area (Å²) in [6.07, 6.45) is 0. The zero-order chi connectivity index (χ0) is 13.8. The maximum absolute atomic E-state index is 7.37. The molecule has 0 bridgehead atoms. The lowest BCUT2D eigenvalue weighted by molar-refractivity contribution is 0.304. The molecule has 0 aliphatic heterocycles. The van der Waals surface area contributed by atoms with Gasteiger partial charge < -0.3 is 10.5 Å². The summed E-state index contributed by atoms with van der Waals surface area (Å²) >= 11 is 9.46. The van der Waals surface area contributed by atoms with Crippen LogP contribution in [-0.2, 0) is 6.61 Å². The van der Waals surface area contributed by atoms with Crippen LogP contribution in [0.5, 0.6) is 5.75 Å². The van der Waals surface area contributed by atoms with E-state index in [4.69, 9.17) is 27.5 Å². The molecule has 0 unspecified atom stereocenters. The fourth-order valence-electron chi connectivity index (χ4n) is 1.56. The van der Waals surface area contributed by atoms with Crippen molar-refractivity contribution in [1.29, 1.82) is 5.41 Å². The molecule has 0 fully saturated rings. The zero-order valence-corrected chi connectivity index (χ0v) is 12.3. The van der Waals surface area contributed by atoms with E-state index in [1.807, 2.05) is 24.3 Å². The molecule has 19 heavy (non-hydrogen) atoms. The van der Waals surface area contributed by atoms with Crippen LogP contribution in [0.25, 0.3) is 0 Å². The van der Waals surface area contributed by atoms with E-state index in [2.05, 4.69) is 15.9 Å². The van der Waals surface area contributed by atoms with E-state index in [-0.39, 0.29) is 5.84 Å². The third kappa shape index (κ3) is 3.49. The van der Waals surface area contributed by atoms with Crippen molar-refractivity contribution >= 4 is 33.4 Å². The Labute approximate surface area is 125 Å². The van der Waals surface area contributed by atoms with E-state index in [0.717, 1.165) is 10.0 Å². The second kappa shape index (κ2) is 6.08. The van der Waals surface area contributed by atoms with Crippen molar-refractivity contribution in [2.75, 3.05) is 0 Å². The van der Waals surface area contributed by atoms with Gasteiger partial charge in [-0.05, 0) is 40.2 Å². The average Bonchev–Trinajstić information content (AvgIpc) is 2.39. The molecule has 98 valence electrons. The van der Waals surface area contributed by atoms with Crippen LogP contribution in [0.15, 0.2) is 46.9 Å². The minimum atomic E-state index is 0.0263. The van der Waals surface area contributed by atoms with Crippen molar-refractivity contribution in [1.82, 2.24) is 0 Å². The molecular formula is C14H12BrClN2O. The highest BCUT2D eigenvalue weighted by Gasteiger charge is 2.06. The Balaban J connectivity index is 2.12. The first-order valence-corrected chi connectivity index (χ1v) is 6.75. The van der Waals surface area contributed by atoms with Crippen molar-refractivity contribution in [3.63, 3.8) is 0 Å². The predicted octanol–water partition coefficient (Wildman–Crippen LogP) is 3.97. The van der Waals surface area contributed by atoms with Crippen LogP contribution in [0, 0.1) is 5.41 Å². The molecule has 0 atom stereocenters. The summed E-state index contributed by atoms with van der Waals surface area (Å²) in [4.78, 5) is 0. The van der Waals surface area contributed by atoms with Crippen molar-refractivity contribution in [3.05, 3.63) is 63.1 Å². The molecule has 0 spiro atoms. The van der Waals surface area contributed by atoms with Crippen molar-refractivity contribution < 1.29 is 4.74 Å². The van der Waals surface area contributed by atoms with Gasteiger partial charge in [0.2, 0.25) is 0 Å². The predicted molar refractivity (Wildman–Crippen MR) is 80.9 cm³/mol. The summed E-state index contributed by atoms with van der Waals surface area (Å²) in [6, 6.07) is 12.8. The van der Waals surface area contributed by atoms with Gasteiger partial charge in [0.05, 0.1) is 4.47 Å². The lowest BCUT2D eigenvalue weighted by Gasteiger charge is -2.10. The number of benzene rings is 2. The van der Waals surface area contributed by atoms with Crippen molar-refractivity contribution in [2.24, 2.45) is 5.73 Å². The second-order valence-corrected chi connectivity index (χ2v) is 5.20. The highest BCUT2D eigenvalue weighted by molar-refractivity contribution is 9.10. The van der Waals surface area contributed by atoms with Crippen LogP contribution < -0.4 is 10.5 Å². The zero-order valence-electron chi connectivity index (χ0n) is 9.99. The third-order valence-corrected chi connectivity index (χ3v) is 3.57. The van der Waals surface area contributed by atoms with Gasteiger partial charge >= 0.3 is 0 Å². The highest BCUT2D eigenvalue weighted by Crippen LogP contribution is 2.27. The molecule has 0 saturated heterocycles. The number of nitrogens with one attached hydrogen (secondary N) is 1. The van der Waals surface area contributed by atoms with Crippen molar-refractivity contribution in [3.8, 4) is 5.75 Å². The number of hydrogen-bond acceptors (Lipinski definition) is 2. The van der Waals surface area contributed by atoms with Crippen LogP contribution in [0.1, 0.15) is 11.1 Å². The molecule has 0 aliphatic rings. The fourth-order valence-corrected chi connectivity index (χ4v) is 2.24. The largest absolute Gasteiger partial charge is 0.488 e. The van der Waals surface area contributed by atoms with Gasteiger partial charge in [0.25, 0.3) is 0 Å². The van der Waals surface area contributed by atoms with E-state index in [9.17, 15) is 0 Å².